The molecular formula is C13H15N3. The topological polar surface area (TPSA) is 43.8 Å². The van der Waals surface area contributed by atoms with Gasteiger partial charge in [0.05, 0.1) is 6.20 Å². The smallest absolute Gasteiger partial charge is 0.0568 e. The maximum Gasteiger partial charge on any atom is 0.0568 e. The molecule has 0 bridgehead atoms. The van der Waals surface area contributed by atoms with Crippen LogP contribution in [0.3, 0.4) is 0 Å². The third-order valence-corrected chi connectivity index (χ3v) is 3.00. The molecule has 1 aromatic carbocycles. The van der Waals surface area contributed by atoms with E-state index in [2.05, 4.69) is 17.4 Å². The molecule has 16 heavy (non-hydrogen) atoms. The molecule has 2 N–H and O–H groups in total. The summed E-state index contributed by atoms with van der Waals surface area (Å²) in [4.78, 5) is 0. The van der Waals surface area contributed by atoms with Crippen molar-refractivity contribution in [2.45, 2.75) is 19.4 Å². The van der Waals surface area contributed by atoms with Gasteiger partial charge in [-0.2, -0.15) is 5.10 Å². The van der Waals surface area contributed by atoms with Gasteiger partial charge in [0.15, 0.2) is 0 Å². The molecule has 82 valence electrons. The van der Waals surface area contributed by atoms with Crippen LogP contribution in [0.2, 0.25) is 0 Å². The van der Waals surface area contributed by atoms with Crippen molar-refractivity contribution in [1.29, 1.82) is 0 Å². The van der Waals surface area contributed by atoms with Crippen LogP contribution in [0.4, 0.5) is 5.69 Å². The molecule has 0 unspecified atom stereocenters. The standard InChI is InChI=1S/C13H15N3/c14-13-3-1-2-11(6-13)12-7-15-16(9-12)8-10-4-5-10/h1-3,6-7,9-10H,4-5,8,14H2. The van der Waals surface area contributed by atoms with E-state index in [0.29, 0.717) is 0 Å². The fourth-order valence-electron chi connectivity index (χ4n) is 1.90. The van der Waals surface area contributed by atoms with E-state index in [4.69, 9.17) is 5.73 Å². The van der Waals surface area contributed by atoms with Gasteiger partial charge in [0.2, 0.25) is 0 Å². The molecule has 1 heterocycles. The fourth-order valence-corrected chi connectivity index (χ4v) is 1.90. The SMILES string of the molecule is Nc1cccc(-c2cnn(CC3CC3)c2)c1. The Morgan fingerprint density at radius 2 is 2.19 bits per heavy atom. The van der Waals surface area contributed by atoms with Crippen LogP contribution in [-0.4, -0.2) is 9.78 Å². The molecule has 1 aliphatic rings. The number of aromatic nitrogens is 2. The molecule has 0 atom stereocenters. The number of nitrogen functional groups attached to an aromatic ring is 1. The van der Waals surface area contributed by atoms with Crippen LogP contribution in [0.25, 0.3) is 11.1 Å². The summed E-state index contributed by atoms with van der Waals surface area (Å²) in [7, 11) is 0. The molecule has 0 saturated heterocycles. The lowest BCUT2D eigenvalue weighted by Crippen LogP contribution is -1.98. The minimum absolute atomic E-state index is 0.799. The normalized spacial score (nSPS) is 15.2. The van der Waals surface area contributed by atoms with E-state index < -0.39 is 0 Å². The zero-order valence-corrected chi connectivity index (χ0v) is 9.13. The largest absolute Gasteiger partial charge is 0.399 e. The number of nitrogens with zero attached hydrogens (tertiary/aromatic N) is 2. The summed E-state index contributed by atoms with van der Waals surface area (Å²) in [5.41, 5.74) is 8.85. The van der Waals surface area contributed by atoms with Gasteiger partial charge in [0.1, 0.15) is 0 Å². The summed E-state index contributed by atoms with van der Waals surface area (Å²) in [5.74, 6) is 0.855. The Morgan fingerprint density at radius 3 is 2.94 bits per heavy atom. The lowest BCUT2D eigenvalue weighted by molar-refractivity contribution is 0.563. The highest BCUT2D eigenvalue weighted by Gasteiger charge is 2.21. The Balaban J connectivity index is 1.85. The van der Waals surface area contributed by atoms with Gasteiger partial charge >= 0.3 is 0 Å². The van der Waals surface area contributed by atoms with Crippen molar-refractivity contribution >= 4 is 5.69 Å². The molecule has 1 fully saturated rings. The predicted molar refractivity (Wildman–Crippen MR) is 64.8 cm³/mol. The van der Waals surface area contributed by atoms with Gasteiger partial charge in [0, 0.05) is 24.0 Å². The van der Waals surface area contributed by atoms with Gasteiger partial charge in [-0.15, -0.1) is 0 Å². The minimum atomic E-state index is 0.799. The van der Waals surface area contributed by atoms with Crippen molar-refractivity contribution in [2.75, 3.05) is 5.73 Å². The van der Waals surface area contributed by atoms with Crippen LogP contribution >= 0.6 is 0 Å². The van der Waals surface area contributed by atoms with Crippen LogP contribution in [0, 0.1) is 5.92 Å². The Labute approximate surface area is 94.9 Å². The maximum absolute atomic E-state index is 5.77. The van der Waals surface area contributed by atoms with Crippen LogP contribution in [-0.2, 0) is 6.54 Å². The van der Waals surface area contributed by atoms with E-state index >= 15 is 0 Å². The molecule has 1 aromatic heterocycles. The van der Waals surface area contributed by atoms with Crippen LogP contribution in [0.1, 0.15) is 12.8 Å². The van der Waals surface area contributed by atoms with Crippen LogP contribution < -0.4 is 5.73 Å². The Hall–Kier alpha value is -1.77. The maximum atomic E-state index is 5.77. The first-order chi connectivity index (χ1) is 7.81. The van der Waals surface area contributed by atoms with Gasteiger partial charge in [0.25, 0.3) is 0 Å². The highest BCUT2D eigenvalue weighted by molar-refractivity contribution is 5.65. The molecule has 3 nitrogen and oxygen atoms in total. The van der Waals surface area contributed by atoms with Gasteiger partial charge in [-0.05, 0) is 36.5 Å². The van der Waals surface area contributed by atoms with E-state index in [1.807, 2.05) is 29.1 Å². The number of benzene rings is 1. The zero-order chi connectivity index (χ0) is 11.0. The van der Waals surface area contributed by atoms with E-state index in [0.717, 1.165) is 29.3 Å². The van der Waals surface area contributed by atoms with Crippen molar-refractivity contribution in [2.24, 2.45) is 5.92 Å². The second kappa shape index (κ2) is 3.67. The van der Waals surface area contributed by atoms with E-state index in [9.17, 15) is 0 Å². The molecule has 3 heteroatoms. The third-order valence-electron chi connectivity index (χ3n) is 3.00. The number of hydrogen-bond donors (Lipinski definition) is 1. The lowest BCUT2D eigenvalue weighted by atomic mass is 10.1. The molecule has 1 aliphatic carbocycles. The first-order valence-electron chi connectivity index (χ1n) is 5.69. The molecule has 2 aromatic rings. The van der Waals surface area contributed by atoms with Crippen molar-refractivity contribution < 1.29 is 0 Å². The Morgan fingerprint density at radius 1 is 1.31 bits per heavy atom. The number of rotatable bonds is 3. The zero-order valence-electron chi connectivity index (χ0n) is 9.13. The Kier molecular flexibility index (Phi) is 2.17. The second-order valence-corrected chi connectivity index (χ2v) is 4.52. The van der Waals surface area contributed by atoms with Crippen molar-refractivity contribution in [3.8, 4) is 11.1 Å². The first-order valence-corrected chi connectivity index (χ1v) is 5.69. The summed E-state index contributed by atoms with van der Waals surface area (Å²) in [6.45, 7) is 1.06. The molecular weight excluding hydrogens is 198 g/mol. The monoisotopic (exact) mass is 213 g/mol. The number of hydrogen-bond acceptors (Lipinski definition) is 2. The highest BCUT2D eigenvalue weighted by atomic mass is 15.3. The lowest BCUT2D eigenvalue weighted by Gasteiger charge is -1.99. The fraction of sp³-hybridized carbons (Fsp3) is 0.308. The predicted octanol–water partition coefficient (Wildman–Crippen LogP) is 2.54. The van der Waals surface area contributed by atoms with Gasteiger partial charge < -0.3 is 5.73 Å². The van der Waals surface area contributed by atoms with E-state index in [1.54, 1.807) is 0 Å². The molecule has 0 amide bonds. The average molecular weight is 213 g/mol. The van der Waals surface area contributed by atoms with Crippen LogP contribution in [0.5, 0.6) is 0 Å². The third kappa shape index (κ3) is 1.94. The van der Waals surface area contributed by atoms with Crippen molar-refractivity contribution in [3.63, 3.8) is 0 Å². The Bertz CT molecular complexity index is 497. The first kappa shape index (κ1) is 9.46. The quantitative estimate of drug-likeness (QED) is 0.796. The summed E-state index contributed by atoms with van der Waals surface area (Å²) in [6.07, 6.45) is 6.73. The molecule has 3 rings (SSSR count). The van der Waals surface area contributed by atoms with Crippen molar-refractivity contribution in [1.82, 2.24) is 9.78 Å². The second-order valence-electron chi connectivity index (χ2n) is 4.52. The minimum Gasteiger partial charge on any atom is -0.399 e. The van der Waals surface area contributed by atoms with Gasteiger partial charge in [-0.3, -0.25) is 4.68 Å². The summed E-state index contributed by atoms with van der Waals surface area (Å²) in [6, 6.07) is 7.92. The number of nitrogens with two attached hydrogens (primary N) is 1. The van der Waals surface area contributed by atoms with Gasteiger partial charge in [-0.1, -0.05) is 12.1 Å². The molecule has 1 saturated carbocycles. The molecule has 0 aliphatic heterocycles. The van der Waals surface area contributed by atoms with Gasteiger partial charge in [-0.25, -0.2) is 0 Å². The summed E-state index contributed by atoms with van der Waals surface area (Å²) >= 11 is 0. The average Bonchev–Trinajstić information content (AvgIpc) is 2.94. The number of anilines is 1. The van der Waals surface area contributed by atoms with E-state index in [-0.39, 0.29) is 0 Å². The summed E-state index contributed by atoms with van der Waals surface area (Å²) in [5, 5.41) is 4.38. The van der Waals surface area contributed by atoms with Crippen LogP contribution in [0.15, 0.2) is 36.7 Å². The molecule has 0 radical (unpaired) electrons. The van der Waals surface area contributed by atoms with Crippen molar-refractivity contribution in [3.05, 3.63) is 36.7 Å². The highest BCUT2D eigenvalue weighted by Crippen LogP contribution is 2.31. The molecule has 0 spiro atoms. The van der Waals surface area contributed by atoms with E-state index in [1.165, 1.54) is 12.8 Å². The summed E-state index contributed by atoms with van der Waals surface area (Å²) < 4.78 is 2.04.